The molecule has 0 radical (unpaired) electrons. The Kier molecular flexibility index (Phi) is 3.28. The first-order chi connectivity index (χ1) is 11.9. The largest absolute Gasteiger partial charge is 0.484 e. The van der Waals surface area contributed by atoms with Gasteiger partial charge in [-0.2, -0.15) is 0 Å². The van der Waals surface area contributed by atoms with Crippen LogP contribution in [0.25, 0.3) is 6.08 Å². The molecule has 0 saturated carbocycles. The summed E-state index contributed by atoms with van der Waals surface area (Å²) in [5, 5.41) is 3.59. The molecule has 2 aromatic rings. The van der Waals surface area contributed by atoms with E-state index >= 15 is 0 Å². The highest BCUT2D eigenvalue weighted by atomic mass is 16.5. The van der Waals surface area contributed by atoms with Crippen LogP contribution in [0, 0.1) is 0 Å². The molecule has 0 aromatic carbocycles. The molecular weight excluding hydrogens is 298 g/mol. The summed E-state index contributed by atoms with van der Waals surface area (Å²) >= 11 is 0. The van der Waals surface area contributed by atoms with E-state index in [2.05, 4.69) is 39.6 Å². The minimum atomic E-state index is 0.160. The van der Waals surface area contributed by atoms with Crippen LogP contribution in [0.3, 0.4) is 0 Å². The van der Waals surface area contributed by atoms with Crippen LogP contribution >= 0.6 is 0 Å². The van der Waals surface area contributed by atoms with E-state index in [4.69, 9.17) is 4.74 Å². The number of aromatic nitrogens is 2. The van der Waals surface area contributed by atoms with Gasteiger partial charge in [-0.1, -0.05) is 12.8 Å². The van der Waals surface area contributed by atoms with Crippen molar-refractivity contribution >= 4 is 6.08 Å². The average Bonchev–Trinajstić information content (AvgIpc) is 3.30. The van der Waals surface area contributed by atoms with E-state index in [1.807, 2.05) is 12.3 Å². The second-order valence-corrected chi connectivity index (χ2v) is 7.06. The van der Waals surface area contributed by atoms with E-state index in [0.29, 0.717) is 0 Å². The molecule has 0 saturated heterocycles. The first-order valence-electron chi connectivity index (χ1n) is 9.09. The number of ether oxygens (including phenoxy) is 1. The highest BCUT2D eigenvalue weighted by Gasteiger charge is 2.30. The smallest absolute Gasteiger partial charge is 0.141 e. The van der Waals surface area contributed by atoms with Crippen molar-refractivity contribution in [2.45, 2.75) is 50.7 Å². The van der Waals surface area contributed by atoms with Crippen LogP contribution in [0.1, 0.15) is 66.9 Å². The molecule has 0 fully saturated rings. The summed E-state index contributed by atoms with van der Waals surface area (Å²) < 4.78 is 6.47. The van der Waals surface area contributed by atoms with Gasteiger partial charge in [0, 0.05) is 28.8 Å². The molecule has 24 heavy (non-hydrogen) atoms. The van der Waals surface area contributed by atoms with E-state index in [9.17, 15) is 0 Å². The molecule has 124 valence electrons. The minimum absolute atomic E-state index is 0.160. The van der Waals surface area contributed by atoms with Crippen molar-refractivity contribution in [2.75, 3.05) is 0 Å². The van der Waals surface area contributed by atoms with E-state index < -0.39 is 0 Å². The number of hydrogen-bond acceptors (Lipinski definition) is 2. The molecule has 5 rings (SSSR count). The van der Waals surface area contributed by atoms with Crippen LogP contribution in [-0.2, 0) is 11.2 Å². The molecule has 4 nitrogen and oxygen atoms in total. The Morgan fingerprint density at radius 1 is 1.12 bits per heavy atom. The quantitative estimate of drug-likeness (QED) is 0.725. The van der Waals surface area contributed by atoms with Gasteiger partial charge in [-0.15, -0.1) is 0 Å². The van der Waals surface area contributed by atoms with Crippen LogP contribution in [0.2, 0.25) is 0 Å². The van der Waals surface area contributed by atoms with E-state index in [0.717, 1.165) is 24.3 Å². The van der Waals surface area contributed by atoms with Gasteiger partial charge in [-0.3, -0.25) is 0 Å². The van der Waals surface area contributed by atoms with Gasteiger partial charge in [0.05, 0.1) is 11.7 Å². The first-order valence-corrected chi connectivity index (χ1v) is 9.09. The Labute approximate surface area is 142 Å². The minimum Gasteiger partial charge on any atom is -0.484 e. The SMILES string of the molecule is C1=C2NC(c3ccc[nH]3)C=C2OC2CCCCCCc3cc2c1[nH]3. The van der Waals surface area contributed by atoms with Gasteiger partial charge in [-0.05, 0) is 56.0 Å². The molecular formula is C20H23N3O. The van der Waals surface area contributed by atoms with Gasteiger partial charge in [0.25, 0.3) is 0 Å². The Bertz CT molecular complexity index is 797. The number of H-pyrrole nitrogens is 2. The fourth-order valence-electron chi connectivity index (χ4n) is 4.08. The lowest BCUT2D eigenvalue weighted by Crippen LogP contribution is -2.13. The number of fused-ring (bicyclic) bond motifs is 2. The first kappa shape index (κ1) is 14.0. The van der Waals surface area contributed by atoms with Gasteiger partial charge >= 0.3 is 0 Å². The molecule has 4 heteroatoms. The molecule has 2 atom stereocenters. The average molecular weight is 321 g/mol. The number of aryl methyl sites for hydroxylation is 1. The third-order valence-electron chi connectivity index (χ3n) is 5.35. The van der Waals surface area contributed by atoms with Crippen LogP contribution in [0.4, 0.5) is 0 Å². The summed E-state index contributed by atoms with van der Waals surface area (Å²) in [5.74, 6) is 0.989. The maximum atomic E-state index is 6.47. The lowest BCUT2D eigenvalue weighted by Gasteiger charge is -2.18. The van der Waals surface area contributed by atoms with Crippen molar-refractivity contribution in [1.82, 2.24) is 15.3 Å². The fourth-order valence-corrected chi connectivity index (χ4v) is 4.08. The Morgan fingerprint density at radius 2 is 2.08 bits per heavy atom. The Morgan fingerprint density at radius 3 is 3.00 bits per heavy atom. The predicted octanol–water partition coefficient (Wildman–Crippen LogP) is 4.49. The molecule has 0 spiro atoms. The topological polar surface area (TPSA) is 52.8 Å². The summed E-state index contributed by atoms with van der Waals surface area (Å²) in [4.78, 5) is 6.92. The van der Waals surface area contributed by atoms with Gasteiger partial charge in [-0.25, -0.2) is 0 Å². The second kappa shape index (κ2) is 5.62. The maximum absolute atomic E-state index is 6.47. The Balaban J connectivity index is 1.53. The number of nitrogens with one attached hydrogen (secondary N) is 3. The predicted molar refractivity (Wildman–Crippen MR) is 94.1 cm³/mol. The highest BCUT2D eigenvalue weighted by molar-refractivity contribution is 5.62. The van der Waals surface area contributed by atoms with Crippen molar-refractivity contribution in [3.8, 4) is 0 Å². The lowest BCUT2D eigenvalue weighted by atomic mass is 9.99. The van der Waals surface area contributed by atoms with E-state index in [1.165, 1.54) is 48.3 Å². The molecule has 2 aromatic heterocycles. The zero-order valence-electron chi connectivity index (χ0n) is 13.8. The third-order valence-corrected chi connectivity index (χ3v) is 5.35. The van der Waals surface area contributed by atoms with Gasteiger partial charge in [0.2, 0.25) is 0 Å². The van der Waals surface area contributed by atoms with Crippen molar-refractivity contribution in [2.24, 2.45) is 0 Å². The van der Waals surface area contributed by atoms with Gasteiger partial charge < -0.3 is 20.0 Å². The standard InChI is InChI=1S/C20H23N3O/c1-2-4-8-19-14-10-13(6-3-1)22-16(14)11-18-20(24-19)12-17(23-18)15-7-5-9-21-15/h5,7,9-12,17,19,21-23H,1-4,6,8H2. The summed E-state index contributed by atoms with van der Waals surface area (Å²) in [6.07, 6.45) is 13.9. The summed E-state index contributed by atoms with van der Waals surface area (Å²) in [6.45, 7) is 0. The molecule has 1 aliphatic carbocycles. The van der Waals surface area contributed by atoms with Gasteiger partial charge in [0.1, 0.15) is 11.9 Å². The molecule has 2 bridgehead atoms. The Hall–Kier alpha value is -2.36. The van der Waals surface area contributed by atoms with Crippen molar-refractivity contribution in [3.63, 3.8) is 0 Å². The third kappa shape index (κ3) is 2.37. The highest BCUT2D eigenvalue weighted by Crippen LogP contribution is 2.40. The maximum Gasteiger partial charge on any atom is 0.141 e. The van der Waals surface area contributed by atoms with Crippen LogP contribution in [0.15, 0.2) is 41.9 Å². The van der Waals surface area contributed by atoms with E-state index in [1.54, 1.807) is 0 Å². The molecule has 3 aliphatic rings. The molecule has 0 amide bonds. The van der Waals surface area contributed by atoms with Crippen molar-refractivity contribution in [1.29, 1.82) is 0 Å². The number of hydrogen-bond donors (Lipinski definition) is 3. The summed E-state index contributed by atoms with van der Waals surface area (Å²) in [6, 6.07) is 6.63. The monoisotopic (exact) mass is 321 g/mol. The lowest BCUT2D eigenvalue weighted by molar-refractivity contribution is 0.113. The van der Waals surface area contributed by atoms with Crippen LogP contribution in [0.5, 0.6) is 0 Å². The van der Waals surface area contributed by atoms with Crippen molar-refractivity contribution in [3.05, 3.63) is 64.6 Å². The van der Waals surface area contributed by atoms with Gasteiger partial charge in [0.15, 0.2) is 0 Å². The zero-order valence-corrected chi connectivity index (χ0v) is 13.8. The fraction of sp³-hybridized carbons (Fsp3) is 0.400. The van der Waals surface area contributed by atoms with E-state index in [-0.39, 0.29) is 12.1 Å². The number of rotatable bonds is 1. The molecule has 2 aliphatic heterocycles. The second-order valence-electron chi connectivity index (χ2n) is 7.06. The number of aromatic amines is 2. The van der Waals surface area contributed by atoms with Crippen LogP contribution < -0.4 is 5.32 Å². The molecule has 4 heterocycles. The van der Waals surface area contributed by atoms with Crippen LogP contribution in [-0.4, -0.2) is 9.97 Å². The summed E-state index contributed by atoms with van der Waals surface area (Å²) in [7, 11) is 0. The molecule has 2 unspecified atom stereocenters. The zero-order chi connectivity index (χ0) is 15.9. The molecule has 3 N–H and O–H groups in total. The van der Waals surface area contributed by atoms with Crippen molar-refractivity contribution < 1.29 is 4.74 Å². The normalized spacial score (nSPS) is 25.7. The summed E-state index contributed by atoms with van der Waals surface area (Å²) in [5.41, 5.74) is 6.15.